The molecule has 32 heavy (non-hydrogen) atoms. The van der Waals surface area contributed by atoms with E-state index in [0.29, 0.717) is 18.8 Å². The van der Waals surface area contributed by atoms with Crippen LogP contribution in [0.25, 0.3) is 0 Å². The molecular formula is C21H20F3N3O5. The molecule has 1 saturated heterocycles. The summed E-state index contributed by atoms with van der Waals surface area (Å²) >= 11 is 0. The maximum atomic E-state index is 12.7. The molecule has 11 heteroatoms. The fourth-order valence-electron chi connectivity index (χ4n) is 3.22. The molecule has 0 radical (unpaired) electrons. The maximum absolute atomic E-state index is 12.7. The van der Waals surface area contributed by atoms with Crippen LogP contribution in [0.5, 0.6) is 5.75 Å². The Morgan fingerprint density at radius 2 is 1.50 bits per heavy atom. The number of halogens is 3. The molecular weight excluding hydrogens is 431 g/mol. The molecule has 1 aliphatic rings. The molecule has 0 atom stereocenters. The van der Waals surface area contributed by atoms with Gasteiger partial charge in [0.15, 0.2) is 0 Å². The van der Waals surface area contributed by atoms with Gasteiger partial charge in [-0.1, -0.05) is 0 Å². The molecule has 2 aromatic rings. The number of benzene rings is 2. The van der Waals surface area contributed by atoms with Crippen LogP contribution in [-0.4, -0.2) is 59.3 Å². The number of non-ortho nitro benzene ring substituents is 1. The smallest absolute Gasteiger partial charge is 0.416 e. The second kappa shape index (κ2) is 9.67. The Labute approximate surface area is 181 Å². The minimum atomic E-state index is -4.46. The Morgan fingerprint density at radius 3 is 2.03 bits per heavy atom. The van der Waals surface area contributed by atoms with Crippen molar-refractivity contribution in [2.75, 3.05) is 32.8 Å². The molecule has 1 heterocycles. The van der Waals surface area contributed by atoms with E-state index in [-0.39, 0.29) is 49.2 Å². The Morgan fingerprint density at radius 1 is 0.938 bits per heavy atom. The van der Waals surface area contributed by atoms with Crippen molar-refractivity contribution in [2.24, 2.45) is 0 Å². The molecule has 0 bridgehead atoms. The molecule has 2 amide bonds. The topological polar surface area (TPSA) is 93.0 Å². The fraction of sp³-hybridized carbons (Fsp3) is 0.333. The lowest BCUT2D eigenvalue weighted by Crippen LogP contribution is -2.50. The van der Waals surface area contributed by atoms with Gasteiger partial charge in [0.05, 0.1) is 23.5 Å². The van der Waals surface area contributed by atoms with Gasteiger partial charge < -0.3 is 14.5 Å². The summed E-state index contributed by atoms with van der Waals surface area (Å²) < 4.78 is 43.4. The van der Waals surface area contributed by atoms with Gasteiger partial charge in [0.2, 0.25) is 5.91 Å². The van der Waals surface area contributed by atoms with Gasteiger partial charge in [-0.3, -0.25) is 19.7 Å². The van der Waals surface area contributed by atoms with E-state index in [2.05, 4.69) is 0 Å². The van der Waals surface area contributed by atoms with Crippen molar-refractivity contribution in [3.63, 3.8) is 0 Å². The van der Waals surface area contributed by atoms with E-state index in [0.717, 1.165) is 24.3 Å². The zero-order valence-corrected chi connectivity index (χ0v) is 16.9. The normalized spacial score (nSPS) is 14.2. The summed E-state index contributed by atoms with van der Waals surface area (Å²) in [6, 6.07) is 9.57. The van der Waals surface area contributed by atoms with Crippen LogP contribution in [0.1, 0.15) is 22.3 Å². The highest BCUT2D eigenvalue weighted by atomic mass is 19.4. The third kappa shape index (κ3) is 5.74. The number of nitrogens with zero attached hydrogens (tertiary/aromatic N) is 3. The third-order valence-electron chi connectivity index (χ3n) is 5.01. The largest absolute Gasteiger partial charge is 0.493 e. The van der Waals surface area contributed by atoms with Gasteiger partial charge >= 0.3 is 6.18 Å². The average molecular weight is 451 g/mol. The lowest BCUT2D eigenvalue weighted by atomic mass is 10.1. The standard InChI is InChI=1S/C21H20F3N3O5/c22-21(23,24)16-3-1-15(2-4-16)20(29)26-12-10-25(11-13-26)19(28)9-14-32-18-7-5-17(6-8-18)27(30)31/h1-8H,9-14H2. The summed E-state index contributed by atoms with van der Waals surface area (Å²) in [4.78, 5) is 38.1. The highest BCUT2D eigenvalue weighted by Crippen LogP contribution is 2.29. The second-order valence-corrected chi connectivity index (χ2v) is 7.10. The van der Waals surface area contributed by atoms with Crippen LogP contribution in [-0.2, 0) is 11.0 Å². The monoisotopic (exact) mass is 451 g/mol. The van der Waals surface area contributed by atoms with E-state index < -0.39 is 16.7 Å². The Balaban J connectivity index is 1.44. The molecule has 8 nitrogen and oxygen atoms in total. The van der Waals surface area contributed by atoms with Gasteiger partial charge in [-0.05, 0) is 36.4 Å². The van der Waals surface area contributed by atoms with E-state index in [4.69, 9.17) is 4.74 Å². The minimum absolute atomic E-state index is 0.0582. The number of nitro groups is 1. The zero-order valence-electron chi connectivity index (χ0n) is 16.9. The summed E-state index contributed by atoms with van der Waals surface area (Å²) in [6.07, 6.45) is -4.36. The molecule has 3 rings (SSSR count). The first kappa shape index (κ1) is 23.0. The average Bonchev–Trinajstić information content (AvgIpc) is 2.78. The van der Waals surface area contributed by atoms with E-state index in [1.807, 2.05) is 0 Å². The van der Waals surface area contributed by atoms with Crippen molar-refractivity contribution in [3.8, 4) is 5.75 Å². The molecule has 0 unspecified atom stereocenters. The van der Waals surface area contributed by atoms with Gasteiger partial charge in [0.25, 0.3) is 11.6 Å². The van der Waals surface area contributed by atoms with Crippen LogP contribution in [0.15, 0.2) is 48.5 Å². The first-order chi connectivity index (χ1) is 15.1. The van der Waals surface area contributed by atoms with Crippen molar-refractivity contribution in [1.29, 1.82) is 0 Å². The van der Waals surface area contributed by atoms with Gasteiger partial charge in [-0.15, -0.1) is 0 Å². The number of ether oxygens (including phenoxy) is 1. The van der Waals surface area contributed by atoms with Crippen LogP contribution in [0, 0.1) is 10.1 Å². The van der Waals surface area contributed by atoms with Gasteiger partial charge in [-0.25, -0.2) is 0 Å². The molecule has 1 aliphatic heterocycles. The van der Waals surface area contributed by atoms with Crippen LogP contribution in [0.3, 0.4) is 0 Å². The van der Waals surface area contributed by atoms with Crippen molar-refractivity contribution in [2.45, 2.75) is 12.6 Å². The Bertz CT molecular complexity index is 970. The first-order valence-electron chi connectivity index (χ1n) is 9.77. The molecule has 0 spiro atoms. The summed E-state index contributed by atoms with van der Waals surface area (Å²) in [7, 11) is 0. The predicted octanol–water partition coefficient (Wildman–Crippen LogP) is 3.37. The SMILES string of the molecule is O=C(CCOc1ccc([N+](=O)[O-])cc1)N1CCN(C(=O)c2ccc(C(F)(F)F)cc2)CC1. The molecule has 2 aromatic carbocycles. The summed E-state index contributed by atoms with van der Waals surface area (Å²) in [5.74, 6) is -0.128. The van der Waals surface area contributed by atoms with E-state index >= 15 is 0 Å². The quantitative estimate of drug-likeness (QED) is 0.496. The van der Waals surface area contributed by atoms with Crippen molar-refractivity contribution in [3.05, 3.63) is 69.8 Å². The van der Waals surface area contributed by atoms with E-state index in [1.54, 1.807) is 4.90 Å². The number of alkyl halides is 3. The molecule has 0 aliphatic carbocycles. The van der Waals surface area contributed by atoms with Crippen molar-refractivity contribution < 1.29 is 32.4 Å². The number of rotatable bonds is 6. The maximum Gasteiger partial charge on any atom is 0.416 e. The zero-order chi connectivity index (χ0) is 23.3. The first-order valence-corrected chi connectivity index (χ1v) is 9.77. The number of hydrogen-bond acceptors (Lipinski definition) is 5. The lowest BCUT2D eigenvalue weighted by Gasteiger charge is -2.35. The van der Waals surface area contributed by atoms with Gasteiger partial charge in [0.1, 0.15) is 5.75 Å². The molecule has 1 fully saturated rings. The van der Waals surface area contributed by atoms with Gasteiger partial charge in [0, 0.05) is 43.9 Å². The van der Waals surface area contributed by atoms with E-state index in [1.165, 1.54) is 29.2 Å². The van der Waals surface area contributed by atoms with Crippen LogP contribution in [0.4, 0.5) is 18.9 Å². The molecule has 0 N–H and O–H groups in total. The number of carbonyl (C=O) groups is 2. The number of nitro benzene ring substituents is 1. The highest BCUT2D eigenvalue weighted by Gasteiger charge is 2.31. The number of hydrogen-bond donors (Lipinski definition) is 0. The fourth-order valence-corrected chi connectivity index (χ4v) is 3.22. The number of carbonyl (C=O) groups excluding carboxylic acids is 2. The molecule has 0 aromatic heterocycles. The van der Waals surface area contributed by atoms with Crippen molar-refractivity contribution >= 4 is 17.5 Å². The third-order valence-corrected chi connectivity index (χ3v) is 5.01. The predicted molar refractivity (Wildman–Crippen MR) is 107 cm³/mol. The summed E-state index contributed by atoms with van der Waals surface area (Å²) in [5, 5.41) is 10.6. The Kier molecular flexibility index (Phi) is 6.96. The second-order valence-electron chi connectivity index (χ2n) is 7.10. The van der Waals surface area contributed by atoms with Crippen molar-refractivity contribution in [1.82, 2.24) is 9.80 Å². The Hall–Kier alpha value is -3.63. The van der Waals surface area contributed by atoms with Crippen LogP contribution < -0.4 is 4.74 Å². The van der Waals surface area contributed by atoms with Gasteiger partial charge in [-0.2, -0.15) is 13.2 Å². The van der Waals surface area contributed by atoms with Crippen LogP contribution >= 0.6 is 0 Å². The molecule has 170 valence electrons. The highest BCUT2D eigenvalue weighted by molar-refractivity contribution is 5.94. The van der Waals surface area contributed by atoms with Crippen LogP contribution in [0.2, 0.25) is 0 Å². The minimum Gasteiger partial charge on any atom is -0.493 e. The van der Waals surface area contributed by atoms with E-state index in [9.17, 15) is 32.9 Å². The summed E-state index contributed by atoms with van der Waals surface area (Å²) in [5.41, 5.74) is -0.716. The molecule has 0 saturated carbocycles. The lowest BCUT2D eigenvalue weighted by molar-refractivity contribution is -0.384. The summed E-state index contributed by atoms with van der Waals surface area (Å²) in [6.45, 7) is 1.26. The number of amides is 2. The number of piperazine rings is 1.